The van der Waals surface area contributed by atoms with E-state index in [1.54, 1.807) is 25.3 Å². The number of nitrogens with two attached hydrogens (primary N) is 1. The molecule has 0 heterocycles. The minimum atomic E-state index is -0.248. The quantitative estimate of drug-likeness (QED) is 0.604. The molecule has 4 N–H and O–H groups in total. The Morgan fingerprint density at radius 2 is 1.96 bits per heavy atom. The number of rotatable bonds is 8. The van der Waals surface area contributed by atoms with E-state index >= 15 is 0 Å². The Hall–Kier alpha value is -3.28. The summed E-state index contributed by atoms with van der Waals surface area (Å²) < 4.78 is 10.7. The average Bonchev–Trinajstić information content (AvgIpc) is 2.73. The molecule has 0 unspecified atom stereocenters. The van der Waals surface area contributed by atoms with E-state index in [2.05, 4.69) is 5.32 Å². The first-order valence-electron chi connectivity index (χ1n) is 9.07. The van der Waals surface area contributed by atoms with Gasteiger partial charge in [-0.05, 0) is 48.7 Å². The van der Waals surface area contributed by atoms with Crippen molar-refractivity contribution in [3.63, 3.8) is 0 Å². The molecule has 0 aliphatic carbocycles. The summed E-state index contributed by atoms with van der Waals surface area (Å²) in [5.74, 6) is 0.915. The standard InChI is InChI=1S/C22H27N3O3/c1-5-20(24)19(13-23)16-9-10-18(21(12-16)28-4)22(26)25-14(2)15-7-6-8-17(11-15)27-3/h6-14,23H,5,24H2,1-4H3,(H,25,26)/t14-/m1/s1. The van der Waals surface area contributed by atoms with Crippen LogP contribution >= 0.6 is 0 Å². The molecule has 1 amide bonds. The molecule has 0 aliphatic heterocycles. The molecule has 0 spiro atoms. The molecule has 1 atom stereocenters. The number of nitrogens with one attached hydrogen (secondary N) is 2. The molecule has 0 saturated heterocycles. The van der Waals surface area contributed by atoms with E-state index in [-0.39, 0.29) is 11.9 Å². The summed E-state index contributed by atoms with van der Waals surface area (Å²) in [5, 5.41) is 10.6. The Labute approximate surface area is 165 Å². The number of hydrogen-bond donors (Lipinski definition) is 3. The maximum atomic E-state index is 12.8. The van der Waals surface area contributed by atoms with Crippen LogP contribution in [0.2, 0.25) is 0 Å². The van der Waals surface area contributed by atoms with Crippen LogP contribution < -0.4 is 20.5 Å². The molecule has 2 rings (SSSR count). The highest BCUT2D eigenvalue weighted by molar-refractivity contribution is 6.10. The lowest BCUT2D eigenvalue weighted by Gasteiger charge is -2.17. The molecule has 0 fully saturated rings. The van der Waals surface area contributed by atoms with E-state index in [1.807, 2.05) is 38.1 Å². The van der Waals surface area contributed by atoms with Crippen LogP contribution in [0.25, 0.3) is 5.57 Å². The van der Waals surface area contributed by atoms with Gasteiger partial charge in [0.1, 0.15) is 11.5 Å². The van der Waals surface area contributed by atoms with Gasteiger partial charge in [0.15, 0.2) is 0 Å². The molecular formula is C22H27N3O3. The molecule has 6 heteroatoms. The molecular weight excluding hydrogens is 354 g/mol. The highest BCUT2D eigenvalue weighted by Crippen LogP contribution is 2.26. The maximum Gasteiger partial charge on any atom is 0.255 e. The van der Waals surface area contributed by atoms with Crippen molar-refractivity contribution in [1.82, 2.24) is 5.32 Å². The summed E-state index contributed by atoms with van der Waals surface area (Å²) in [7, 11) is 3.12. The Kier molecular flexibility index (Phi) is 7.21. The number of benzene rings is 2. The van der Waals surface area contributed by atoms with E-state index < -0.39 is 0 Å². The van der Waals surface area contributed by atoms with Crippen molar-refractivity contribution in [3.8, 4) is 11.5 Å². The smallest absolute Gasteiger partial charge is 0.255 e. The number of amides is 1. The fourth-order valence-electron chi connectivity index (χ4n) is 2.87. The average molecular weight is 381 g/mol. The van der Waals surface area contributed by atoms with E-state index in [1.165, 1.54) is 13.3 Å². The first-order chi connectivity index (χ1) is 13.4. The zero-order chi connectivity index (χ0) is 20.7. The predicted octanol–water partition coefficient (Wildman–Crippen LogP) is 3.92. The molecule has 28 heavy (non-hydrogen) atoms. The van der Waals surface area contributed by atoms with Gasteiger partial charge in [-0.25, -0.2) is 0 Å². The van der Waals surface area contributed by atoms with Crippen molar-refractivity contribution < 1.29 is 14.3 Å². The van der Waals surface area contributed by atoms with Crippen molar-refractivity contribution in [2.24, 2.45) is 5.73 Å². The molecule has 0 bridgehead atoms. The van der Waals surface area contributed by atoms with Crippen LogP contribution in [0, 0.1) is 5.41 Å². The number of carbonyl (C=O) groups excluding carboxylic acids is 1. The third kappa shape index (κ3) is 4.71. The summed E-state index contributed by atoms with van der Waals surface area (Å²) in [4.78, 5) is 12.8. The van der Waals surface area contributed by atoms with E-state index in [4.69, 9.17) is 20.6 Å². The van der Waals surface area contributed by atoms with Crippen LogP contribution in [0.1, 0.15) is 47.8 Å². The summed E-state index contributed by atoms with van der Waals surface area (Å²) >= 11 is 0. The molecule has 2 aromatic carbocycles. The van der Waals surface area contributed by atoms with Gasteiger partial charge in [-0.15, -0.1) is 0 Å². The lowest BCUT2D eigenvalue weighted by molar-refractivity contribution is 0.0936. The van der Waals surface area contributed by atoms with Gasteiger partial charge in [0, 0.05) is 17.5 Å². The fourth-order valence-corrected chi connectivity index (χ4v) is 2.87. The third-order valence-corrected chi connectivity index (χ3v) is 4.57. The molecule has 2 aromatic rings. The van der Waals surface area contributed by atoms with Crippen molar-refractivity contribution in [2.75, 3.05) is 14.2 Å². The summed E-state index contributed by atoms with van der Waals surface area (Å²) in [6.07, 6.45) is 1.85. The predicted molar refractivity (Wildman–Crippen MR) is 112 cm³/mol. The normalized spacial score (nSPS) is 12.6. The highest BCUT2D eigenvalue weighted by Gasteiger charge is 2.17. The lowest BCUT2D eigenvalue weighted by atomic mass is 10.0. The number of hydrogen-bond acceptors (Lipinski definition) is 5. The Bertz CT molecular complexity index is 890. The van der Waals surface area contributed by atoms with Gasteiger partial charge < -0.3 is 25.9 Å². The molecule has 0 radical (unpaired) electrons. The van der Waals surface area contributed by atoms with Crippen LogP contribution in [0.3, 0.4) is 0 Å². The van der Waals surface area contributed by atoms with Crippen molar-refractivity contribution in [2.45, 2.75) is 26.3 Å². The monoisotopic (exact) mass is 381 g/mol. The van der Waals surface area contributed by atoms with Crippen LogP contribution in [0.15, 0.2) is 48.2 Å². The molecule has 0 aromatic heterocycles. The van der Waals surface area contributed by atoms with Crippen LogP contribution in [0.4, 0.5) is 0 Å². The maximum absolute atomic E-state index is 12.8. The Morgan fingerprint density at radius 3 is 2.57 bits per heavy atom. The van der Waals surface area contributed by atoms with E-state index in [0.29, 0.717) is 29.0 Å². The van der Waals surface area contributed by atoms with Crippen molar-refractivity contribution in [1.29, 1.82) is 5.41 Å². The first-order valence-corrected chi connectivity index (χ1v) is 9.07. The van der Waals surface area contributed by atoms with Gasteiger partial charge in [-0.1, -0.05) is 25.1 Å². The van der Waals surface area contributed by atoms with Crippen LogP contribution in [-0.2, 0) is 0 Å². The van der Waals surface area contributed by atoms with E-state index in [0.717, 1.165) is 16.9 Å². The highest BCUT2D eigenvalue weighted by atomic mass is 16.5. The fraction of sp³-hybridized carbons (Fsp3) is 0.273. The Morgan fingerprint density at radius 1 is 1.21 bits per heavy atom. The second-order valence-electron chi connectivity index (χ2n) is 6.32. The van der Waals surface area contributed by atoms with Crippen LogP contribution in [0.5, 0.6) is 11.5 Å². The Balaban J connectivity index is 2.29. The molecule has 0 aliphatic rings. The molecule has 0 saturated carbocycles. The minimum Gasteiger partial charge on any atom is -0.497 e. The lowest BCUT2D eigenvalue weighted by Crippen LogP contribution is -2.27. The summed E-state index contributed by atoms with van der Waals surface area (Å²) in [6, 6.07) is 12.5. The van der Waals surface area contributed by atoms with Gasteiger partial charge in [0.25, 0.3) is 5.91 Å². The number of ether oxygens (including phenoxy) is 2. The summed E-state index contributed by atoms with van der Waals surface area (Å²) in [5.41, 5.74) is 9.33. The molecule has 6 nitrogen and oxygen atoms in total. The minimum absolute atomic E-state index is 0.209. The SMILES string of the molecule is CCC(N)=C(C=N)c1ccc(C(=O)N[C@H](C)c2cccc(OC)c2)c(OC)c1. The molecule has 148 valence electrons. The van der Waals surface area contributed by atoms with E-state index in [9.17, 15) is 4.79 Å². The topological polar surface area (TPSA) is 97.4 Å². The third-order valence-electron chi connectivity index (χ3n) is 4.57. The van der Waals surface area contributed by atoms with Crippen molar-refractivity contribution in [3.05, 3.63) is 64.9 Å². The number of carbonyl (C=O) groups is 1. The number of allylic oxidation sites excluding steroid dienone is 2. The second kappa shape index (κ2) is 9.60. The van der Waals surface area contributed by atoms with Crippen LogP contribution in [-0.4, -0.2) is 26.3 Å². The zero-order valence-electron chi connectivity index (χ0n) is 16.7. The van der Waals surface area contributed by atoms with Gasteiger partial charge in [-0.3, -0.25) is 4.79 Å². The van der Waals surface area contributed by atoms with Gasteiger partial charge in [0.2, 0.25) is 0 Å². The second-order valence-corrected chi connectivity index (χ2v) is 6.32. The summed E-state index contributed by atoms with van der Waals surface area (Å²) in [6.45, 7) is 3.84. The first kappa shape index (κ1) is 21.0. The van der Waals surface area contributed by atoms with Crippen molar-refractivity contribution >= 4 is 17.7 Å². The van der Waals surface area contributed by atoms with Gasteiger partial charge >= 0.3 is 0 Å². The number of methoxy groups -OCH3 is 2. The largest absolute Gasteiger partial charge is 0.497 e. The van der Waals surface area contributed by atoms with Gasteiger partial charge in [0.05, 0.1) is 25.8 Å². The zero-order valence-corrected chi connectivity index (χ0v) is 16.7. The van der Waals surface area contributed by atoms with Gasteiger partial charge in [-0.2, -0.15) is 0 Å².